The number of hydrogen-bond donors (Lipinski definition) is 3. The highest BCUT2D eigenvalue weighted by molar-refractivity contribution is 5.57. The zero-order chi connectivity index (χ0) is 12.2. The summed E-state index contributed by atoms with van der Waals surface area (Å²) in [6, 6.07) is 0. The third-order valence-corrected chi connectivity index (χ3v) is 2.22. The molecule has 1 heterocycles. The minimum Gasteiger partial charge on any atom is -0.389 e. The Labute approximate surface area is 96.3 Å². The summed E-state index contributed by atoms with van der Waals surface area (Å²) in [5.41, 5.74) is 0.282. The predicted octanol–water partition coefficient (Wildman–Crippen LogP) is 1.26. The molecule has 0 radical (unpaired) electrons. The molecule has 0 aliphatic rings. The van der Waals surface area contributed by atoms with Crippen LogP contribution in [0.4, 0.5) is 11.6 Å². The molecule has 0 bridgehead atoms. The van der Waals surface area contributed by atoms with E-state index >= 15 is 0 Å². The van der Waals surface area contributed by atoms with Gasteiger partial charge in [-0.15, -0.1) is 0 Å². The van der Waals surface area contributed by atoms with Gasteiger partial charge in [-0.2, -0.15) is 0 Å². The first-order valence-electron chi connectivity index (χ1n) is 5.45. The number of aliphatic hydroxyl groups is 1. The van der Waals surface area contributed by atoms with Gasteiger partial charge in [-0.1, -0.05) is 6.92 Å². The quantitative estimate of drug-likeness (QED) is 0.702. The molecule has 0 atom stereocenters. The lowest BCUT2D eigenvalue weighted by atomic mass is 10.1. The molecule has 5 heteroatoms. The summed E-state index contributed by atoms with van der Waals surface area (Å²) >= 11 is 0. The molecule has 0 spiro atoms. The van der Waals surface area contributed by atoms with E-state index in [4.69, 9.17) is 0 Å². The van der Waals surface area contributed by atoms with Crippen molar-refractivity contribution >= 4 is 11.6 Å². The average molecular weight is 224 g/mol. The fourth-order valence-electron chi connectivity index (χ4n) is 1.42. The Morgan fingerprint density at radius 1 is 1.31 bits per heavy atom. The molecular formula is C11H20N4O. The number of rotatable bonds is 5. The second kappa shape index (κ2) is 5.12. The number of nitrogens with one attached hydrogen (secondary N) is 2. The van der Waals surface area contributed by atoms with Crippen molar-refractivity contribution in [2.24, 2.45) is 0 Å². The van der Waals surface area contributed by atoms with Crippen LogP contribution in [0.1, 0.15) is 26.3 Å². The van der Waals surface area contributed by atoms with Gasteiger partial charge in [-0.05, 0) is 20.3 Å². The largest absolute Gasteiger partial charge is 0.389 e. The molecule has 0 aliphatic carbocycles. The molecular weight excluding hydrogens is 204 g/mol. The van der Waals surface area contributed by atoms with Gasteiger partial charge in [0.1, 0.15) is 18.0 Å². The zero-order valence-electron chi connectivity index (χ0n) is 10.3. The van der Waals surface area contributed by atoms with Crippen molar-refractivity contribution in [1.82, 2.24) is 9.97 Å². The molecule has 5 nitrogen and oxygen atoms in total. The Kier molecular flexibility index (Phi) is 4.06. The Bertz CT molecular complexity index is 346. The number of nitrogens with zero attached hydrogens (tertiary/aromatic N) is 2. The van der Waals surface area contributed by atoms with Gasteiger partial charge in [0, 0.05) is 19.2 Å². The van der Waals surface area contributed by atoms with E-state index in [1.807, 2.05) is 7.05 Å². The molecule has 0 fully saturated rings. The third-order valence-electron chi connectivity index (χ3n) is 2.22. The van der Waals surface area contributed by atoms with Gasteiger partial charge < -0.3 is 15.7 Å². The Hall–Kier alpha value is -1.36. The normalized spacial score (nSPS) is 11.3. The van der Waals surface area contributed by atoms with Gasteiger partial charge in [0.15, 0.2) is 0 Å². The first kappa shape index (κ1) is 12.7. The molecule has 0 aliphatic heterocycles. The summed E-state index contributed by atoms with van der Waals surface area (Å²) in [6.45, 7) is 6.02. The number of anilines is 2. The highest BCUT2D eigenvalue weighted by atomic mass is 16.3. The molecule has 0 aromatic carbocycles. The fraction of sp³-hybridized carbons (Fsp3) is 0.636. The number of hydrogen-bond acceptors (Lipinski definition) is 5. The van der Waals surface area contributed by atoms with E-state index in [2.05, 4.69) is 27.5 Å². The highest BCUT2D eigenvalue weighted by Crippen LogP contribution is 2.20. The molecule has 1 aromatic rings. The number of aromatic nitrogens is 2. The van der Waals surface area contributed by atoms with Crippen molar-refractivity contribution in [2.75, 3.05) is 24.2 Å². The summed E-state index contributed by atoms with van der Waals surface area (Å²) in [6.07, 6.45) is 2.35. The van der Waals surface area contributed by atoms with E-state index < -0.39 is 5.60 Å². The van der Waals surface area contributed by atoms with Crippen molar-refractivity contribution in [1.29, 1.82) is 0 Å². The van der Waals surface area contributed by atoms with Crippen molar-refractivity contribution in [3.63, 3.8) is 0 Å². The minimum absolute atomic E-state index is 0.458. The second-order valence-electron chi connectivity index (χ2n) is 4.32. The van der Waals surface area contributed by atoms with Crippen LogP contribution in [0.25, 0.3) is 0 Å². The second-order valence-corrected chi connectivity index (χ2v) is 4.32. The van der Waals surface area contributed by atoms with E-state index in [0.29, 0.717) is 6.54 Å². The topological polar surface area (TPSA) is 70.1 Å². The van der Waals surface area contributed by atoms with Gasteiger partial charge in [0.2, 0.25) is 0 Å². The molecule has 0 saturated carbocycles. The van der Waals surface area contributed by atoms with Gasteiger partial charge in [0.25, 0.3) is 0 Å². The van der Waals surface area contributed by atoms with E-state index in [1.165, 1.54) is 6.33 Å². The Morgan fingerprint density at radius 3 is 2.44 bits per heavy atom. The SMILES string of the molecule is CCc1c(NC)ncnc1NCC(C)(C)O. The summed E-state index contributed by atoms with van der Waals surface area (Å²) in [5.74, 6) is 1.61. The Balaban J connectivity index is 2.87. The van der Waals surface area contributed by atoms with E-state index in [1.54, 1.807) is 13.8 Å². The van der Waals surface area contributed by atoms with E-state index in [-0.39, 0.29) is 0 Å². The Morgan fingerprint density at radius 2 is 1.94 bits per heavy atom. The third kappa shape index (κ3) is 3.34. The van der Waals surface area contributed by atoms with Crippen LogP contribution in [0.3, 0.4) is 0 Å². The predicted molar refractivity (Wildman–Crippen MR) is 65.7 cm³/mol. The molecule has 0 saturated heterocycles. The fourth-order valence-corrected chi connectivity index (χ4v) is 1.42. The molecule has 16 heavy (non-hydrogen) atoms. The van der Waals surface area contributed by atoms with Gasteiger partial charge >= 0.3 is 0 Å². The molecule has 90 valence electrons. The maximum absolute atomic E-state index is 9.65. The van der Waals surface area contributed by atoms with Crippen LogP contribution in [0, 0.1) is 0 Å². The molecule has 1 rings (SSSR count). The van der Waals surface area contributed by atoms with Gasteiger partial charge in [0.05, 0.1) is 5.60 Å². The van der Waals surface area contributed by atoms with Crippen LogP contribution >= 0.6 is 0 Å². The average Bonchev–Trinajstić information content (AvgIpc) is 2.24. The van der Waals surface area contributed by atoms with Gasteiger partial charge in [-0.3, -0.25) is 0 Å². The summed E-state index contributed by atoms with van der Waals surface area (Å²) in [7, 11) is 1.83. The van der Waals surface area contributed by atoms with Crippen LogP contribution in [0.15, 0.2) is 6.33 Å². The lowest BCUT2D eigenvalue weighted by Gasteiger charge is -2.19. The summed E-state index contributed by atoms with van der Waals surface area (Å²) < 4.78 is 0. The van der Waals surface area contributed by atoms with Crippen LogP contribution in [-0.2, 0) is 6.42 Å². The van der Waals surface area contributed by atoms with Crippen molar-refractivity contribution in [3.05, 3.63) is 11.9 Å². The first-order valence-corrected chi connectivity index (χ1v) is 5.45. The maximum Gasteiger partial charge on any atom is 0.134 e. The minimum atomic E-state index is -0.754. The van der Waals surface area contributed by atoms with Crippen molar-refractivity contribution in [3.8, 4) is 0 Å². The molecule has 3 N–H and O–H groups in total. The monoisotopic (exact) mass is 224 g/mol. The van der Waals surface area contributed by atoms with Crippen molar-refractivity contribution < 1.29 is 5.11 Å². The van der Waals surface area contributed by atoms with Crippen molar-refractivity contribution in [2.45, 2.75) is 32.8 Å². The smallest absolute Gasteiger partial charge is 0.134 e. The lowest BCUT2D eigenvalue weighted by Crippen LogP contribution is -2.30. The van der Waals surface area contributed by atoms with Gasteiger partial charge in [-0.25, -0.2) is 9.97 Å². The van der Waals surface area contributed by atoms with Crippen LogP contribution in [0.2, 0.25) is 0 Å². The lowest BCUT2D eigenvalue weighted by molar-refractivity contribution is 0.0944. The molecule has 0 amide bonds. The highest BCUT2D eigenvalue weighted by Gasteiger charge is 2.14. The molecule has 0 unspecified atom stereocenters. The van der Waals surface area contributed by atoms with Crippen LogP contribution in [-0.4, -0.2) is 34.3 Å². The first-order chi connectivity index (χ1) is 7.48. The van der Waals surface area contributed by atoms with Crippen LogP contribution < -0.4 is 10.6 Å². The maximum atomic E-state index is 9.65. The van der Waals surface area contributed by atoms with Crippen LogP contribution in [0.5, 0.6) is 0 Å². The summed E-state index contributed by atoms with van der Waals surface area (Å²) in [4.78, 5) is 8.34. The van der Waals surface area contributed by atoms with E-state index in [0.717, 1.165) is 23.6 Å². The molecule has 1 aromatic heterocycles. The van der Waals surface area contributed by atoms with E-state index in [9.17, 15) is 5.11 Å². The summed E-state index contributed by atoms with van der Waals surface area (Å²) in [5, 5.41) is 15.8. The zero-order valence-corrected chi connectivity index (χ0v) is 10.3. The standard InChI is InChI=1S/C11H20N4O/c1-5-8-9(12-4)14-7-15-10(8)13-6-11(2,3)16/h7,16H,5-6H2,1-4H3,(H2,12,13,14,15).